The predicted octanol–water partition coefficient (Wildman–Crippen LogP) is 0.808. The smallest absolute Gasteiger partial charge is 0.148 e. The number of sulfone groups is 1. The van der Waals surface area contributed by atoms with Crippen LogP contribution in [0.5, 0.6) is 0 Å². The second kappa shape index (κ2) is 3.24. The minimum absolute atomic E-state index is 0.0711. The van der Waals surface area contributed by atoms with Crippen molar-refractivity contribution in [3.8, 4) is 0 Å². The molecule has 0 spiro atoms. The van der Waals surface area contributed by atoms with Crippen molar-refractivity contribution in [3.63, 3.8) is 0 Å². The van der Waals surface area contributed by atoms with E-state index in [1.54, 1.807) is 0 Å². The first-order chi connectivity index (χ1) is 5.71. The van der Waals surface area contributed by atoms with Crippen molar-refractivity contribution >= 4 is 9.84 Å². The summed E-state index contributed by atoms with van der Waals surface area (Å²) in [5.74, 6) is 0.236. The zero-order chi connectivity index (χ0) is 10.3. The van der Waals surface area contributed by atoms with Gasteiger partial charge in [0.1, 0.15) is 9.84 Å². The molecule has 13 heavy (non-hydrogen) atoms. The summed E-state index contributed by atoms with van der Waals surface area (Å²) >= 11 is 0. The third kappa shape index (κ3) is 3.65. The summed E-state index contributed by atoms with van der Waals surface area (Å²) < 4.78 is 21.9. The Hall–Kier alpha value is -0.0900. The lowest BCUT2D eigenvalue weighted by Crippen LogP contribution is -2.35. The lowest BCUT2D eigenvalue weighted by atomic mass is 10.2. The van der Waals surface area contributed by atoms with E-state index in [0.29, 0.717) is 11.5 Å². The summed E-state index contributed by atoms with van der Waals surface area (Å²) in [6.45, 7) is 6.31. The van der Waals surface area contributed by atoms with Crippen LogP contribution in [0.2, 0.25) is 0 Å². The SMILES string of the molecule is CC(CS(C)(=O)=O)NC1CC1(C)C. The maximum atomic E-state index is 11.0. The quantitative estimate of drug-likeness (QED) is 0.738. The van der Waals surface area contributed by atoms with Crippen LogP contribution in [0.15, 0.2) is 0 Å². The van der Waals surface area contributed by atoms with Gasteiger partial charge in [-0.1, -0.05) is 13.8 Å². The van der Waals surface area contributed by atoms with E-state index in [1.165, 1.54) is 6.26 Å². The third-order valence-electron chi connectivity index (χ3n) is 2.55. The molecule has 3 nitrogen and oxygen atoms in total. The first-order valence-electron chi connectivity index (χ1n) is 4.64. The normalized spacial score (nSPS) is 28.5. The van der Waals surface area contributed by atoms with Gasteiger partial charge in [-0.3, -0.25) is 0 Å². The highest BCUT2D eigenvalue weighted by atomic mass is 32.2. The van der Waals surface area contributed by atoms with E-state index in [2.05, 4.69) is 19.2 Å². The number of nitrogens with one attached hydrogen (secondary N) is 1. The van der Waals surface area contributed by atoms with E-state index in [1.807, 2.05) is 6.92 Å². The Bertz CT molecular complexity index is 282. The van der Waals surface area contributed by atoms with Crippen LogP contribution in [0.4, 0.5) is 0 Å². The molecular weight excluding hydrogens is 186 g/mol. The lowest BCUT2D eigenvalue weighted by Gasteiger charge is -2.13. The van der Waals surface area contributed by atoms with Gasteiger partial charge in [0.25, 0.3) is 0 Å². The largest absolute Gasteiger partial charge is 0.310 e. The van der Waals surface area contributed by atoms with E-state index in [9.17, 15) is 8.42 Å². The van der Waals surface area contributed by atoms with Gasteiger partial charge in [0.2, 0.25) is 0 Å². The second-order valence-electron chi connectivity index (χ2n) is 4.91. The van der Waals surface area contributed by atoms with E-state index in [4.69, 9.17) is 0 Å². The molecule has 1 N–H and O–H groups in total. The molecule has 1 fully saturated rings. The van der Waals surface area contributed by atoms with Gasteiger partial charge in [-0.05, 0) is 18.8 Å². The van der Waals surface area contributed by atoms with Crippen LogP contribution in [0.1, 0.15) is 27.2 Å². The average molecular weight is 205 g/mol. The van der Waals surface area contributed by atoms with Crippen LogP contribution in [0.25, 0.3) is 0 Å². The van der Waals surface area contributed by atoms with Crippen LogP contribution in [0.3, 0.4) is 0 Å². The molecule has 0 radical (unpaired) electrons. The summed E-state index contributed by atoms with van der Waals surface area (Å²) in [6, 6.07) is 0.575. The van der Waals surface area contributed by atoms with Crippen LogP contribution < -0.4 is 5.32 Å². The summed E-state index contributed by atoms with van der Waals surface area (Å²) in [5.41, 5.74) is 0.367. The molecule has 0 heterocycles. The van der Waals surface area contributed by atoms with Gasteiger partial charge in [-0.2, -0.15) is 0 Å². The zero-order valence-corrected chi connectivity index (χ0v) is 9.61. The van der Waals surface area contributed by atoms with E-state index < -0.39 is 9.84 Å². The van der Waals surface area contributed by atoms with Gasteiger partial charge < -0.3 is 5.32 Å². The molecule has 1 rings (SSSR count). The van der Waals surface area contributed by atoms with Crippen molar-refractivity contribution in [3.05, 3.63) is 0 Å². The molecule has 0 aromatic heterocycles. The number of hydrogen-bond acceptors (Lipinski definition) is 3. The molecule has 1 saturated carbocycles. The molecule has 0 bridgehead atoms. The van der Waals surface area contributed by atoms with Gasteiger partial charge in [-0.25, -0.2) is 8.42 Å². The highest BCUT2D eigenvalue weighted by molar-refractivity contribution is 7.90. The molecule has 78 valence electrons. The number of rotatable bonds is 4. The highest BCUT2D eigenvalue weighted by Gasteiger charge is 2.45. The molecule has 2 atom stereocenters. The minimum Gasteiger partial charge on any atom is -0.310 e. The van der Waals surface area contributed by atoms with Crippen molar-refractivity contribution in [2.45, 2.75) is 39.3 Å². The van der Waals surface area contributed by atoms with Gasteiger partial charge >= 0.3 is 0 Å². The molecule has 0 aromatic rings. The Labute approximate surface area is 80.8 Å². The third-order valence-corrected chi connectivity index (χ3v) is 3.66. The maximum absolute atomic E-state index is 11.0. The monoisotopic (exact) mass is 205 g/mol. The van der Waals surface area contributed by atoms with E-state index >= 15 is 0 Å². The minimum atomic E-state index is -2.84. The molecule has 1 aliphatic carbocycles. The molecule has 0 aliphatic heterocycles. The molecule has 4 heteroatoms. The zero-order valence-electron chi connectivity index (χ0n) is 8.79. The molecular formula is C9H19NO2S. The fourth-order valence-electron chi connectivity index (χ4n) is 1.60. The van der Waals surface area contributed by atoms with Gasteiger partial charge in [0, 0.05) is 18.3 Å². The summed E-state index contributed by atoms with van der Waals surface area (Å²) in [4.78, 5) is 0. The first-order valence-corrected chi connectivity index (χ1v) is 6.70. The van der Waals surface area contributed by atoms with Gasteiger partial charge in [-0.15, -0.1) is 0 Å². The summed E-state index contributed by atoms with van der Waals surface area (Å²) in [6.07, 6.45) is 2.43. The summed E-state index contributed by atoms with van der Waals surface area (Å²) in [7, 11) is -2.84. The van der Waals surface area contributed by atoms with Crippen molar-refractivity contribution < 1.29 is 8.42 Å². The molecule has 1 aliphatic rings. The van der Waals surface area contributed by atoms with Crippen molar-refractivity contribution in [2.75, 3.05) is 12.0 Å². The first kappa shape index (κ1) is 11.0. The van der Waals surface area contributed by atoms with E-state index in [-0.39, 0.29) is 11.8 Å². The molecule has 0 aromatic carbocycles. The Morgan fingerprint density at radius 3 is 2.31 bits per heavy atom. The van der Waals surface area contributed by atoms with Gasteiger partial charge in [0.05, 0.1) is 5.75 Å². The number of hydrogen-bond donors (Lipinski definition) is 1. The van der Waals surface area contributed by atoms with Gasteiger partial charge in [0.15, 0.2) is 0 Å². The average Bonchev–Trinajstić information content (AvgIpc) is 2.32. The standard InChI is InChI=1S/C9H19NO2S/c1-7(6-13(4,11)12)10-8-5-9(8,2)3/h7-8,10H,5-6H2,1-4H3. The Morgan fingerprint density at radius 1 is 1.54 bits per heavy atom. The molecule has 0 amide bonds. The maximum Gasteiger partial charge on any atom is 0.148 e. The Balaban J connectivity index is 2.32. The van der Waals surface area contributed by atoms with Crippen molar-refractivity contribution in [1.29, 1.82) is 0 Å². The highest BCUT2D eigenvalue weighted by Crippen LogP contribution is 2.44. The Morgan fingerprint density at radius 2 is 2.00 bits per heavy atom. The van der Waals surface area contributed by atoms with Crippen LogP contribution in [-0.2, 0) is 9.84 Å². The van der Waals surface area contributed by atoms with Crippen LogP contribution >= 0.6 is 0 Å². The Kier molecular flexibility index (Phi) is 2.74. The fourth-order valence-corrected chi connectivity index (χ4v) is 2.60. The lowest BCUT2D eigenvalue weighted by molar-refractivity contribution is 0.496. The fraction of sp³-hybridized carbons (Fsp3) is 1.00. The van der Waals surface area contributed by atoms with Crippen LogP contribution in [0, 0.1) is 5.41 Å². The van der Waals surface area contributed by atoms with Crippen molar-refractivity contribution in [1.82, 2.24) is 5.32 Å². The van der Waals surface area contributed by atoms with Crippen molar-refractivity contribution in [2.24, 2.45) is 5.41 Å². The topological polar surface area (TPSA) is 46.2 Å². The predicted molar refractivity (Wildman–Crippen MR) is 54.5 cm³/mol. The second-order valence-corrected chi connectivity index (χ2v) is 7.09. The van der Waals surface area contributed by atoms with Crippen LogP contribution in [-0.4, -0.2) is 32.5 Å². The summed E-state index contributed by atoms with van der Waals surface area (Å²) in [5, 5.41) is 3.32. The molecule has 0 saturated heterocycles. The van der Waals surface area contributed by atoms with E-state index in [0.717, 1.165) is 6.42 Å². The molecule has 2 unspecified atom stereocenters.